The molecule has 0 spiro atoms. The van der Waals surface area contributed by atoms with Gasteiger partial charge in [0.1, 0.15) is 5.75 Å². The van der Waals surface area contributed by atoms with Crippen LogP contribution < -0.4 is 15.8 Å². The molecule has 3 N–H and O–H groups in total. The summed E-state index contributed by atoms with van der Waals surface area (Å²) in [5.41, 5.74) is 6.11. The summed E-state index contributed by atoms with van der Waals surface area (Å²) in [6.07, 6.45) is 2.29. The monoisotopic (exact) mass is 248 g/mol. The van der Waals surface area contributed by atoms with Crippen LogP contribution in [0, 0.1) is 5.92 Å². The van der Waals surface area contributed by atoms with E-state index in [1.165, 1.54) is 0 Å². The van der Waals surface area contributed by atoms with Gasteiger partial charge in [0.25, 0.3) is 5.91 Å². The third-order valence-electron chi connectivity index (χ3n) is 3.63. The van der Waals surface area contributed by atoms with Gasteiger partial charge < -0.3 is 15.8 Å². The predicted molar refractivity (Wildman–Crippen MR) is 70.6 cm³/mol. The molecule has 1 fully saturated rings. The van der Waals surface area contributed by atoms with Gasteiger partial charge >= 0.3 is 0 Å². The fourth-order valence-corrected chi connectivity index (χ4v) is 2.14. The Kier molecular flexibility index (Phi) is 3.57. The first-order valence-electron chi connectivity index (χ1n) is 6.25. The smallest absolute Gasteiger partial charge is 0.251 e. The minimum Gasteiger partial charge on any atom is -0.497 e. The third-order valence-corrected chi connectivity index (χ3v) is 3.63. The number of benzene rings is 1. The summed E-state index contributed by atoms with van der Waals surface area (Å²) in [5, 5.41) is 3.05. The molecular formula is C14H20N2O2. The molecule has 0 aromatic heterocycles. The quantitative estimate of drug-likeness (QED) is 0.831. The van der Waals surface area contributed by atoms with Crippen LogP contribution in [-0.4, -0.2) is 25.1 Å². The van der Waals surface area contributed by atoms with Gasteiger partial charge in [-0.3, -0.25) is 4.79 Å². The van der Waals surface area contributed by atoms with E-state index >= 15 is 0 Å². The van der Waals surface area contributed by atoms with E-state index in [-0.39, 0.29) is 11.4 Å². The number of nitrogens with one attached hydrogen (secondary N) is 1. The molecule has 1 amide bonds. The molecule has 1 atom stereocenters. The summed E-state index contributed by atoms with van der Waals surface area (Å²) in [7, 11) is 1.59. The van der Waals surface area contributed by atoms with Gasteiger partial charge in [-0.25, -0.2) is 0 Å². The molecule has 0 aliphatic heterocycles. The summed E-state index contributed by atoms with van der Waals surface area (Å²) < 4.78 is 5.12. The van der Waals surface area contributed by atoms with E-state index in [0.717, 1.165) is 12.8 Å². The van der Waals surface area contributed by atoms with E-state index in [1.54, 1.807) is 19.2 Å². The van der Waals surface area contributed by atoms with Crippen molar-refractivity contribution >= 4 is 5.91 Å². The van der Waals surface area contributed by atoms with E-state index in [2.05, 4.69) is 5.32 Å². The van der Waals surface area contributed by atoms with Crippen molar-refractivity contribution < 1.29 is 9.53 Å². The number of carbonyl (C=O) groups excluding carboxylic acids is 1. The molecule has 98 valence electrons. The van der Waals surface area contributed by atoms with E-state index < -0.39 is 0 Å². The van der Waals surface area contributed by atoms with Crippen molar-refractivity contribution in [3.63, 3.8) is 0 Å². The third kappa shape index (κ3) is 2.64. The van der Waals surface area contributed by atoms with Crippen molar-refractivity contribution in [2.75, 3.05) is 13.7 Å². The largest absolute Gasteiger partial charge is 0.497 e. The van der Waals surface area contributed by atoms with Gasteiger partial charge in [0.2, 0.25) is 0 Å². The first-order chi connectivity index (χ1) is 8.59. The molecule has 0 bridgehead atoms. The second-order valence-electron chi connectivity index (χ2n) is 5.08. The maximum Gasteiger partial charge on any atom is 0.251 e. The molecule has 18 heavy (non-hydrogen) atoms. The normalized spacial score (nSPS) is 17.9. The zero-order valence-electron chi connectivity index (χ0n) is 10.9. The molecule has 1 aromatic rings. The van der Waals surface area contributed by atoms with Crippen LogP contribution in [0.3, 0.4) is 0 Å². The lowest BCUT2D eigenvalue weighted by atomic mass is 9.95. The Morgan fingerprint density at radius 1 is 1.56 bits per heavy atom. The van der Waals surface area contributed by atoms with Crippen LogP contribution in [0.1, 0.15) is 30.1 Å². The molecule has 1 saturated carbocycles. The van der Waals surface area contributed by atoms with Crippen molar-refractivity contribution in [1.29, 1.82) is 0 Å². The summed E-state index contributed by atoms with van der Waals surface area (Å²) in [6.45, 7) is 2.48. The zero-order valence-corrected chi connectivity index (χ0v) is 10.9. The van der Waals surface area contributed by atoms with Crippen LogP contribution in [0.5, 0.6) is 5.75 Å². The molecule has 0 saturated heterocycles. The Morgan fingerprint density at radius 3 is 2.83 bits per heavy atom. The van der Waals surface area contributed by atoms with Gasteiger partial charge in [-0.2, -0.15) is 0 Å². The number of rotatable bonds is 5. The number of amides is 1. The minimum atomic E-state index is -0.292. The number of nitrogens with two attached hydrogens (primary N) is 1. The molecule has 4 nitrogen and oxygen atoms in total. The van der Waals surface area contributed by atoms with Gasteiger partial charge in [0, 0.05) is 12.1 Å². The molecular weight excluding hydrogens is 228 g/mol. The first-order valence-corrected chi connectivity index (χ1v) is 6.25. The second-order valence-corrected chi connectivity index (χ2v) is 5.08. The Morgan fingerprint density at radius 2 is 2.28 bits per heavy atom. The highest BCUT2D eigenvalue weighted by atomic mass is 16.5. The van der Waals surface area contributed by atoms with Crippen molar-refractivity contribution in [3.05, 3.63) is 29.8 Å². The molecule has 2 rings (SSSR count). The molecule has 0 radical (unpaired) electrons. The Balaban J connectivity index is 2.10. The highest BCUT2D eigenvalue weighted by molar-refractivity contribution is 5.95. The summed E-state index contributed by atoms with van der Waals surface area (Å²) in [6, 6.07) is 7.14. The van der Waals surface area contributed by atoms with Gasteiger partial charge in [0.15, 0.2) is 0 Å². The van der Waals surface area contributed by atoms with Gasteiger partial charge in [0.05, 0.1) is 12.6 Å². The van der Waals surface area contributed by atoms with E-state index in [4.69, 9.17) is 10.5 Å². The summed E-state index contributed by atoms with van der Waals surface area (Å²) >= 11 is 0. The summed E-state index contributed by atoms with van der Waals surface area (Å²) in [4.78, 5) is 12.2. The lowest BCUT2D eigenvalue weighted by Gasteiger charge is -2.29. The zero-order chi connectivity index (χ0) is 13.2. The van der Waals surface area contributed by atoms with Gasteiger partial charge in [-0.1, -0.05) is 6.07 Å². The van der Waals surface area contributed by atoms with E-state index in [1.807, 2.05) is 19.1 Å². The second kappa shape index (κ2) is 4.98. The van der Waals surface area contributed by atoms with Crippen molar-refractivity contribution in [3.8, 4) is 5.75 Å². The van der Waals surface area contributed by atoms with Crippen LogP contribution in [0.4, 0.5) is 0 Å². The Hall–Kier alpha value is -1.55. The molecule has 1 aliphatic carbocycles. The van der Waals surface area contributed by atoms with Crippen LogP contribution in [0.15, 0.2) is 24.3 Å². The maximum atomic E-state index is 12.2. The number of ether oxygens (including phenoxy) is 1. The number of methoxy groups -OCH3 is 1. The lowest BCUT2D eigenvalue weighted by Crippen LogP contribution is -2.53. The van der Waals surface area contributed by atoms with Crippen LogP contribution >= 0.6 is 0 Å². The Bertz CT molecular complexity index is 443. The van der Waals surface area contributed by atoms with Crippen molar-refractivity contribution in [1.82, 2.24) is 5.32 Å². The molecule has 1 aliphatic rings. The first kappa shape index (κ1) is 12.9. The van der Waals surface area contributed by atoms with E-state index in [9.17, 15) is 4.79 Å². The molecule has 1 aromatic carbocycles. The maximum absolute atomic E-state index is 12.2. The Labute approximate surface area is 108 Å². The molecule has 1 unspecified atom stereocenters. The summed E-state index contributed by atoms with van der Waals surface area (Å²) in [5.74, 6) is 1.11. The number of hydrogen-bond acceptors (Lipinski definition) is 3. The molecule has 4 heteroatoms. The fraction of sp³-hybridized carbons (Fsp3) is 0.500. The fourth-order valence-electron chi connectivity index (χ4n) is 2.14. The topological polar surface area (TPSA) is 64.3 Å². The van der Waals surface area contributed by atoms with Crippen molar-refractivity contribution in [2.24, 2.45) is 11.7 Å². The average Bonchev–Trinajstić information content (AvgIpc) is 3.23. The van der Waals surface area contributed by atoms with E-state index in [0.29, 0.717) is 23.8 Å². The van der Waals surface area contributed by atoms with Crippen LogP contribution in [0.2, 0.25) is 0 Å². The van der Waals surface area contributed by atoms with Crippen molar-refractivity contribution in [2.45, 2.75) is 25.3 Å². The highest BCUT2D eigenvalue weighted by Crippen LogP contribution is 2.39. The lowest BCUT2D eigenvalue weighted by molar-refractivity contribution is 0.0897. The number of hydrogen-bond donors (Lipinski definition) is 2. The van der Waals surface area contributed by atoms with Gasteiger partial charge in [-0.05, 0) is 43.9 Å². The predicted octanol–water partition coefficient (Wildman–Crippen LogP) is 1.55. The average molecular weight is 248 g/mol. The van der Waals surface area contributed by atoms with Crippen LogP contribution in [-0.2, 0) is 0 Å². The highest BCUT2D eigenvalue weighted by Gasteiger charge is 2.41. The molecule has 0 heterocycles. The SMILES string of the molecule is COc1cccc(C(=O)NC(C)(CN)C2CC2)c1. The van der Waals surface area contributed by atoms with Crippen LogP contribution in [0.25, 0.3) is 0 Å². The standard InChI is InChI=1S/C14H20N2O2/c1-14(9-15,11-6-7-11)16-13(17)10-4-3-5-12(8-10)18-2/h3-5,8,11H,6-7,9,15H2,1-2H3,(H,16,17). The minimum absolute atomic E-state index is 0.0891. The number of carbonyl (C=O) groups is 1. The van der Waals surface area contributed by atoms with Gasteiger partial charge in [-0.15, -0.1) is 0 Å².